The number of piperidine rings is 1. The number of amides is 2. The van der Waals surface area contributed by atoms with Crippen LogP contribution in [0.15, 0.2) is 18.2 Å². The number of rotatable bonds is 5. The van der Waals surface area contributed by atoms with Gasteiger partial charge in [0.05, 0.1) is 13.2 Å². The zero-order valence-electron chi connectivity index (χ0n) is 13.5. The molecule has 8 heteroatoms. The largest absolute Gasteiger partial charge is 0.450 e. The summed E-state index contributed by atoms with van der Waals surface area (Å²) in [4.78, 5) is 25.1. The van der Waals surface area contributed by atoms with Gasteiger partial charge in [0, 0.05) is 30.9 Å². The number of ether oxygens (including phenoxy) is 1. The molecule has 1 fully saturated rings. The van der Waals surface area contributed by atoms with Gasteiger partial charge in [-0.15, -0.1) is 0 Å². The second kappa shape index (κ2) is 8.47. The van der Waals surface area contributed by atoms with Crippen LogP contribution in [0, 0.1) is 11.6 Å². The molecule has 24 heavy (non-hydrogen) atoms. The van der Waals surface area contributed by atoms with Gasteiger partial charge in [0.15, 0.2) is 11.6 Å². The van der Waals surface area contributed by atoms with Gasteiger partial charge in [0.25, 0.3) is 0 Å². The van der Waals surface area contributed by atoms with Gasteiger partial charge in [-0.3, -0.25) is 4.79 Å². The molecule has 0 bridgehead atoms. The first-order chi connectivity index (χ1) is 11.5. The molecule has 2 N–H and O–H groups in total. The molecule has 1 aromatic rings. The lowest BCUT2D eigenvalue weighted by molar-refractivity contribution is -0.120. The normalized spacial score (nSPS) is 15.0. The predicted octanol–water partition coefficient (Wildman–Crippen LogP) is 2.11. The molecule has 0 unspecified atom stereocenters. The topological polar surface area (TPSA) is 70.7 Å². The first-order valence-electron chi connectivity index (χ1n) is 7.89. The lowest BCUT2D eigenvalue weighted by Gasteiger charge is -2.31. The lowest BCUT2D eigenvalue weighted by Crippen LogP contribution is -2.47. The summed E-state index contributed by atoms with van der Waals surface area (Å²) in [5, 5.41) is 5.60. The van der Waals surface area contributed by atoms with Crippen molar-refractivity contribution in [2.45, 2.75) is 25.8 Å². The molecule has 0 aliphatic carbocycles. The van der Waals surface area contributed by atoms with Crippen molar-refractivity contribution >= 4 is 17.7 Å². The predicted molar refractivity (Wildman–Crippen MR) is 84.6 cm³/mol. The van der Waals surface area contributed by atoms with E-state index in [-0.39, 0.29) is 24.6 Å². The van der Waals surface area contributed by atoms with Gasteiger partial charge in [0.2, 0.25) is 5.91 Å². The van der Waals surface area contributed by atoms with Crippen LogP contribution < -0.4 is 10.6 Å². The fourth-order valence-corrected chi connectivity index (χ4v) is 2.49. The SMILES string of the molecule is CCOC(=O)N1CCC(NC(=O)CNc2ccc(F)c(F)c2)CC1. The molecule has 1 aliphatic rings. The molecule has 0 radical (unpaired) electrons. The standard InChI is InChI=1S/C16H21F2N3O3/c1-2-24-16(23)21-7-5-11(6-8-21)20-15(22)10-19-12-3-4-13(17)14(18)9-12/h3-4,9,11,19H,2,5-8,10H2,1H3,(H,20,22). The molecule has 0 aromatic heterocycles. The number of nitrogens with one attached hydrogen (secondary N) is 2. The summed E-state index contributed by atoms with van der Waals surface area (Å²) in [6, 6.07) is 3.35. The minimum absolute atomic E-state index is 0.0186. The molecule has 1 saturated heterocycles. The van der Waals surface area contributed by atoms with E-state index in [1.165, 1.54) is 6.07 Å². The highest BCUT2D eigenvalue weighted by Gasteiger charge is 2.24. The second-order valence-corrected chi connectivity index (χ2v) is 5.51. The zero-order chi connectivity index (χ0) is 17.5. The lowest BCUT2D eigenvalue weighted by atomic mass is 10.1. The fourth-order valence-electron chi connectivity index (χ4n) is 2.49. The van der Waals surface area contributed by atoms with E-state index >= 15 is 0 Å². The van der Waals surface area contributed by atoms with Gasteiger partial charge in [-0.1, -0.05) is 0 Å². The van der Waals surface area contributed by atoms with E-state index in [1.807, 2.05) is 0 Å². The van der Waals surface area contributed by atoms with Gasteiger partial charge >= 0.3 is 6.09 Å². The van der Waals surface area contributed by atoms with E-state index in [0.29, 0.717) is 38.2 Å². The number of halogens is 2. The van der Waals surface area contributed by atoms with Crippen LogP contribution in [0.25, 0.3) is 0 Å². The molecule has 132 valence electrons. The highest BCUT2D eigenvalue weighted by molar-refractivity contribution is 5.81. The highest BCUT2D eigenvalue weighted by atomic mass is 19.2. The fraction of sp³-hybridized carbons (Fsp3) is 0.500. The minimum Gasteiger partial charge on any atom is -0.450 e. The number of carbonyl (C=O) groups is 2. The van der Waals surface area contributed by atoms with E-state index in [4.69, 9.17) is 4.74 Å². The van der Waals surface area contributed by atoms with Crippen molar-refractivity contribution in [3.8, 4) is 0 Å². The highest BCUT2D eigenvalue weighted by Crippen LogP contribution is 2.13. The summed E-state index contributed by atoms with van der Waals surface area (Å²) in [7, 11) is 0. The van der Waals surface area contributed by atoms with Crippen molar-refractivity contribution in [1.29, 1.82) is 0 Å². The Balaban J connectivity index is 1.71. The Morgan fingerprint density at radius 3 is 2.58 bits per heavy atom. The average molecular weight is 341 g/mol. The Kier molecular flexibility index (Phi) is 6.34. The minimum atomic E-state index is -0.966. The van der Waals surface area contributed by atoms with Gasteiger partial charge in [0.1, 0.15) is 0 Å². The molecular formula is C16H21F2N3O3. The molecule has 0 saturated carbocycles. The summed E-state index contributed by atoms with van der Waals surface area (Å²) in [5.41, 5.74) is 0.334. The van der Waals surface area contributed by atoms with Crippen molar-refractivity contribution in [2.75, 3.05) is 31.6 Å². The Morgan fingerprint density at radius 2 is 1.96 bits per heavy atom. The third-order valence-corrected chi connectivity index (χ3v) is 3.76. The maximum Gasteiger partial charge on any atom is 0.409 e. The molecule has 1 aromatic carbocycles. The smallest absolute Gasteiger partial charge is 0.409 e. The van der Waals surface area contributed by atoms with E-state index in [0.717, 1.165) is 12.1 Å². The Morgan fingerprint density at radius 1 is 1.25 bits per heavy atom. The van der Waals surface area contributed by atoms with E-state index in [2.05, 4.69) is 10.6 Å². The summed E-state index contributed by atoms with van der Waals surface area (Å²) in [6.45, 7) is 3.11. The number of anilines is 1. The van der Waals surface area contributed by atoms with Crippen LogP contribution in [0.5, 0.6) is 0 Å². The molecule has 1 heterocycles. The molecular weight excluding hydrogens is 320 g/mol. The number of benzene rings is 1. The molecule has 0 spiro atoms. The van der Waals surface area contributed by atoms with Crippen LogP contribution in [0.4, 0.5) is 19.3 Å². The summed E-state index contributed by atoms with van der Waals surface area (Å²) >= 11 is 0. The Labute approximate surface area is 139 Å². The van der Waals surface area contributed by atoms with Crippen molar-refractivity contribution in [3.63, 3.8) is 0 Å². The number of likely N-dealkylation sites (tertiary alicyclic amines) is 1. The molecule has 2 rings (SSSR count). The van der Waals surface area contributed by atoms with Crippen LogP contribution in [-0.4, -0.2) is 49.2 Å². The van der Waals surface area contributed by atoms with Crippen molar-refractivity contribution in [3.05, 3.63) is 29.8 Å². The summed E-state index contributed by atoms with van der Waals surface area (Å²) < 4.78 is 30.8. The van der Waals surface area contributed by atoms with Crippen LogP contribution in [0.3, 0.4) is 0 Å². The van der Waals surface area contributed by atoms with Crippen LogP contribution in [-0.2, 0) is 9.53 Å². The maximum atomic E-state index is 13.1. The van der Waals surface area contributed by atoms with Gasteiger partial charge < -0.3 is 20.3 Å². The average Bonchev–Trinajstić information content (AvgIpc) is 2.57. The van der Waals surface area contributed by atoms with E-state index in [9.17, 15) is 18.4 Å². The van der Waals surface area contributed by atoms with Crippen molar-refractivity contribution in [2.24, 2.45) is 0 Å². The summed E-state index contributed by atoms with van der Waals surface area (Å²) in [6.07, 6.45) is 0.966. The first-order valence-corrected chi connectivity index (χ1v) is 7.89. The number of nitrogens with zero attached hydrogens (tertiary/aromatic N) is 1. The van der Waals surface area contributed by atoms with Crippen molar-refractivity contribution < 1.29 is 23.1 Å². The first kappa shape index (κ1) is 18.0. The molecule has 1 aliphatic heterocycles. The Hall–Kier alpha value is -2.38. The maximum absolute atomic E-state index is 13.1. The van der Waals surface area contributed by atoms with Crippen LogP contribution in [0.1, 0.15) is 19.8 Å². The second-order valence-electron chi connectivity index (χ2n) is 5.51. The summed E-state index contributed by atoms with van der Waals surface area (Å²) in [5.74, 6) is -2.14. The quantitative estimate of drug-likeness (QED) is 0.861. The van der Waals surface area contributed by atoms with Crippen LogP contribution >= 0.6 is 0 Å². The van der Waals surface area contributed by atoms with Gasteiger partial charge in [-0.25, -0.2) is 13.6 Å². The monoisotopic (exact) mass is 341 g/mol. The zero-order valence-corrected chi connectivity index (χ0v) is 13.5. The number of carbonyl (C=O) groups excluding carboxylic acids is 2. The van der Waals surface area contributed by atoms with E-state index < -0.39 is 11.6 Å². The molecule has 2 amide bonds. The number of hydrogen-bond donors (Lipinski definition) is 2. The van der Waals surface area contributed by atoms with Gasteiger partial charge in [-0.2, -0.15) is 0 Å². The third-order valence-electron chi connectivity index (χ3n) is 3.76. The van der Waals surface area contributed by atoms with Crippen molar-refractivity contribution in [1.82, 2.24) is 10.2 Å². The Bertz CT molecular complexity index is 590. The number of hydrogen-bond acceptors (Lipinski definition) is 4. The third kappa shape index (κ3) is 5.07. The van der Waals surface area contributed by atoms with Gasteiger partial charge in [-0.05, 0) is 31.9 Å². The van der Waals surface area contributed by atoms with Crippen LogP contribution in [0.2, 0.25) is 0 Å². The molecule has 6 nitrogen and oxygen atoms in total. The van der Waals surface area contributed by atoms with E-state index in [1.54, 1.807) is 11.8 Å². The molecule has 0 atom stereocenters.